The summed E-state index contributed by atoms with van der Waals surface area (Å²) < 4.78 is 0. The van der Waals surface area contributed by atoms with E-state index in [0.717, 1.165) is 0 Å². The molecule has 0 radical (unpaired) electrons. The van der Waals surface area contributed by atoms with Crippen molar-refractivity contribution in [3.8, 4) is 0 Å². The molecule has 0 aliphatic rings. The van der Waals surface area contributed by atoms with E-state index in [-0.39, 0.29) is 17.3 Å². The largest absolute Gasteiger partial charge is 0.298 e. The highest BCUT2D eigenvalue weighted by atomic mass is 16.1. The van der Waals surface area contributed by atoms with Crippen LogP contribution in [0.3, 0.4) is 0 Å². The molecule has 0 saturated carbocycles. The van der Waals surface area contributed by atoms with Gasteiger partial charge in [0.05, 0.1) is 0 Å². The van der Waals surface area contributed by atoms with Crippen LogP contribution in [0.25, 0.3) is 10.8 Å². The zero-order chi connectivity index (χ0) is 15.7. The Hall–Kier alpha value is -2.62. The van der Waals surface area contributed by atoms with Crippen molar-refractivity contribution in [2.45, 2.75) is 20.8 Å². The van der Waals surface area contributed by atoms with Gasteiger partial charge in [-0.05, 0) is 20.8 Å². The van der Waals surface area contributed by atoms with Crippen molar-refractivity contribution in [2.75, 3.05) is 0 Å². The van der Waals surface area contributed by atoms with Gasteiger partial charge in [-0.3, -0.25) is 19.2 Å². The van der Waals surface area contributed by atoms with Gasteiger partial charge in [-0.2, -0.15) is 0 Å². The first-order valence-corrected chi connectivity index (χ1v) is 6.46. The Morgan fingerprint density at radius 3 is 1.48 bits per heavy atom. The van der Waals surface area contributed by atoms with Crippen molar-refractivity contribution in [1.29, 1.82) is 0 Å². The van der Waals surface area contributed by atoms with E-state index >= 15 is 0 Å². The average molecular weight is 282 g/mol. The van der Waals surface area contributed by atoms with E-state index in [1.54, 1.807) is 0 Å². The van der Waals surface area contributed by atoms with E-state index < -0.39 is 0 Å². The fraction of sp³-hybridized carbons (Fsp3) is 0.176. The third-order valence-corrected chi connectivity index (χ3v) is 3.46. The molecule has 0 aliphatic heterocycles. The Bertz CT molecular complexity index is 780. The number of rotatable bonds is 4. The van der Waals surface area contributed by atoms with Crippen LogP contribution < -0.4 is 0 Å². The van der Waals surface area contributed by atoms with Crippen molar-refractivity contribution < 1.29 is 19.2 Å². The Labute approximate surface area is 121 Å². The third-order valence-electron chi connectivity index (χ3n) is 3.46. The number of hydrogen-bond donors (Lipinski definition) is 0. The second-order valence-electron chi connectivity index (χ2n) is 4.90. The SMILES string of the molecule is CC(=O)c1ccc(C(C)=O)c2c(C(C)=O)ccc(C=O)c12. The van der Waals surface area contributed by atoms with E-state index in [9.17, 15) is 19.2 Å². The van der Waals surface area contributed by atoms with Gasteiger partial charge >= 0.3 is 0 Å². The number of carbonyl (C=O) groups excluding carboxylic acids is 4. The van der Waals surface area contributed by atoms with Gasteiger partial charge in [0.1, 0.15) is 0 Å². The van der Waals surface area contributed by atoms with Gasteiger partial charge in [0, 0.05) is 33.0 Å². The minimum Gasteiger partial charge on any atom is -0.298 e. The number of benzene rings is 2. The average Bonchev–Trinajstić information content (AvgIpc) is 2.43. The zero-order valence-electron chi connectivity index (χ0n) is 12.0. The van der Waals surface area contributed by atoms with Crippen LogP contribution in [0.5, 0.6) is 0 Å². The molecule has 4 heteroatoms. The minimum atomic E-state index is -0.223. The van der Waals surface area contributed by atoms with Crippen LogP contribution in [0.2, 0.25) is 0 Å². The fourth-order valence-corrected chi connectivity index (χ4v) is 2.50. The molecule has 0 saturated heterocycles. The lowest BCUT2D eigenvalue weighted by molar-refractivity contribution is 0.100. The second-order valence-corrected chi connectivity index (χ2v) is 4.90. The molecule has 0 unspecified atom stereocenters. The summed E-state index contributed by atoms with van der Waals surface area (Å²) >= 11 is 0. The van der Waals surface area contributed by atoms with E-state index in [1.807, 2.05) is 0 Å². The first kappa shape index (κ1) is 14.8. The topological polar surface area (TPSA) is 68.3 Å². The van der Waals surface area contributed by atoms with Crippen LogP contribution >= 0.6 is 0 Å². The molecule has 0 aromatic heterocycles. The Balaban J connectivity index is 3.15. The summed E-state index contributed by atoms with van der Waals surface area (Å²) in [6.07, 6.45) is 0.628. The molecular formula is C17H14O4. The molecule has 0 heterocycles. The molecule has 21 heavy (non-hydrogen) atoms. The lowest BCUT2D eigenvalue weighted by Crippen LogP contribution is -2.06. The zero-order valence-corrected chi connectivity index (χ0v) is 12.0. The van der Waals surface area contributed by atoms with Crippen LogP contribution in [0.15, 0.2) is 24.3 Å². The molecule has 106 valence electrons. The molecule has 0 aliphatic carbocycles. The summed E-state index contributed by atoms with van der Waals surface area (Å²) in [7, 11) is 0. The standard InChI is InChI=1S/C17H14O4/c1-9(19)13-6-7-15(11(3)21)17-14(10(2)20)5-4-12(8-18)16(13)17/h4-8H,1-3H3. The highest BCUT2D eigenvalue weighted by Gasteiger charge is 2.19. The molecule has 0 spiro atoms. The Kier molecular flexibility index (Phi) is 3.80. The van der Waals surface area contributed by atoms with Crippen molar-refractivity contribution in [3.63, 3.8) is 0 Å². The summed E-state index contributed by atoms with van der Waals surface area (Å²) in [4.78, 5) is 46.7. The summed E-state index contributed by atoms with van der Waals surface area (Å²) in [6, 6.07) is 6.08. The highest BCUT2D eigenvalue weighted by molar-refractivity contribution is 6.23. The van der Waals surface area contributed by atoms with E-state index in [4.69, 9.17) is 0 Å². The van der Waals surface area contributed by atoms with E-state index in [1.165, 1.54) is 45.0 Å². The molecule has 0 fully saturated rings. The van der Waals surface area contributed by atoms with Crippen molar-refractivity contribution >= 4 is 34.4 Å². The molecule has 0 N–H and O–H groups in total. The van der Waals surface area contributed by atoms with Gasteiger partial charge in [0.2, 0.25) is 0 Å². The molecule has 2 aromatic rings. The van der Waals surface area contributed by atoms with E-state index in [0.29, 0.717) is 39.3 Å². The summed E-state index contributed by atoms with van der Waals surface area (Å²) in [6.45, 7) is 4.16. The van der Waals surface area contributed by atoms with E-state index in [2.05, 4.69) is 0 Å². The smallest absolute Gasteiger partial charge is 0.160 e. The molecule has 2 rings (SSSR count). The number of ketones is 3. The van der Waals surface area contributed by atoms with Crippen molar-refractivity contribution in [2.24, 2.45) is 0 Å². The number of Topliss-reactive ketones (excluding diaryl/α,β-unsaturated/α-hetero) is 3. The van der Waals surface area contributed by atoms with Crippen LogP contribution in [-0.4, -0.2) is 23.6 Å². The van der Waals surface area contributed by atoms with Crippen molar-refractivity contribution in [3.05, 3.63) is 46.5 Å². The number of carbonyl (C=O) groups is 4. The first-order chi connectivity index (χ1) is 9.88. The Morgan fingerprint density at radius 1 is 0.714 bits per heavy atom. The van der Waals surface area contributed by atoms with Crippen LogP contribution in [-0.2, 0) is 0 Å². The van der Waals surface area contributed by atoms with Crippen LogP contribution in [0, 0.1) is 0 Å². The van der Waals surface area contributed by atoms with Gasteiger partial charge in [-0.15, -0.1) is 0 Å². The fourth-order valence-electron chi connectivity index (χ4n) is 2.50. The number of fused-ring (bicyclic) bond motifs is 1. The highest BCUT2D eigenvalue weighted by Crippen LogP contribution is 2.30. The number of aldehydes is 1. The lowest BCUT2D eigenvalue weighted by atomic mass is 9.89. The summed E-state index contributed by atoms with van der Waals surface area (Å²) in [5, 5.41) is 0.755. The van der Waals surface area contributed by atoms with Gasteiger partial charge < -0.3 is 0 Å². The summed E-state index contributed by atoms with van der Waals surface area (Å²) in [5.41, 5.74) is 1.30. The van der Waals surface area contributed by atoms with Crippen LogP contribution in [0.1, 0.15) is 62.2 Å². The number of hydrogen-bond acceptors (Lipinski definition) is 4. The lowest BCUT2D eigenvalue weighted by Gasteiger charge is -2.13. The molecule has 2 aromatic carbocycles. The quantitative estimate of drug-likeness (QED) is 0.637. The maximum atomic E-state index is 11.8. The second kappa shape index (κ2) is 5.40. The normalized spacial score (nSPS) is 10.4. The minimum absolute atomic E-state index is 0.222. The van der Waals surface area contributed by atoms with Gasteiger partial charge in [0.25, 0.3) is 0 Å². The third kappa shape index (κ3) is 2.40. The van der Waals surface area contributed by atoms with Gasteiger partial charge in [0.15, 0.2) is 23.6 Å². The molecule has 4 nitrogen and oxygen atoms in total. The molecule has 0 amide bonds. The molecular weight excluding hydrogens is 268 g/mol. The molecule has 0 bridgehead atoms. The molecule has 0 atom stereocenters. The Morgan fingerprint density at radius 2 is 1.10 bits per heavy atom. The predicted molar refractivity (Wildman–Crippen MR) is 79.3 cm³/mol. The van der Waals surface area contributed by atoms with Gasteiger partial charge in [-0.25, -0.2) is 0 Å². The summed E-state index contributed by atoms with van der Waals surface area (Å²) in [5.74, 6) is -0.666. The van der Waals surface area contributed by atoms with Crippen molar-refractivity contribution in [1.82, 2.24) is 0 Å². The van der Waals surface area contributed by atoms with Crippen LogP contribution in [0.4, 0.5) is 0 Å². The predicted octanol–water partition coefficient (Wildman–Crippen LogP) is 3.26. The first-order valence-electron chi connectivity index (χ1n) is 6.46. The maximum absolute atomic E-state index is 11.8. The maximum Gasteiger partial charge on any atom is 0.160 e. The monoisotopic (exact) mass is 282 g/mol. The van der Waals surface area contributed by atoms with Gasteiger partial charge in [-0.1, -0.05) is 24.3 Å².